The van der Waals surface area contributed by atoms with Crippen molar-refractivity contribution in [3.8, 4) is 0 Å². The highest BCUT2D eigenvalue weighted by molar-refractivity contribution is 6.27. The molecule has 0 unspecified atom stereocenters. The van der Waals surface area contributed by atoms with Crippen LogP contribution in [0.15, 0.2) is 132 Å². The van der Waals surface area contributed by atoms with Crippen LogP contribution in [0.2, 0.25) is 0 Å². The number of benzene rings is 4. The van der Waals surface area contributed by atoms with E-state index in [0.717, 1.165) is 78.9 Å². The van der Waals surface area contributed by atoms with Crippen LogP contribution in [0.25, 0.3) is 32.7 Å². The predicted octanol–water partition coefficient (Wildman–Crippen LogP) is 10.0. The van der Waals surface area contributed by atoms with Gasteiger partial charge in [0.2, 0.25) is 0 Å². The minimum atomic E-state index is 0.0335. The van der Waals surface area contributed by atoms with Crippen molar-refractivity contribution in [2.75, 3.05) is 0 Å². The summed E-state index contributed by atoms with van der Waals surface area (Å²) in [4.78, 5) is 26.8. The zero-order valence-corrected chi connectivity index (χ0v) is 24.3. The number of carbonyl (C=O) groups excluding carboxylic acids is 2. The first-order chi connectivity index (χ1) is 20.2. The van der Waals surface area contributed by atoms with Crippen molar-refractivity contribution in [2.24, 2.45) is 5.41 Å². The molecule has 0 heterocycles. The molecule has 7 rings (SSSR count). The summed E-state index contributed by atoms with van der Waals surface area (Å²) in [6.45, 7) is 10.9. The van der Waals surface area contributed by atoms with E-state index in [1.54, 1.807) is 0 Å². The van der Waals surface area contributed by atoms with Gasteiger partial charge in [-0.05, 0) is 104 Å². The summed E-state index contributed by atoms with van der Waals surface area (Å²) in [6.07, 6.45) is 12.1. The largest absolute Gasteiger partial charge is 0.289 e. The van der Waals surface area contributed by atoms with Gasteiger partial charge in [-0.25, -0.2) is 0 Å². The molecule has 0 saturated carbocycles. The third-order valence-electron chi connectivity index (χ3n) is 8.87. The fourth-order valence-electron chi connectivity index (χ4n) is 6.78. The lowest BCUT2D eigenvalue weighted by Crippen LogP contribution is -2.16. The van der Waals surface area contributed by atoms with Crippen LogP contribution in [0.3, 0.4) is 0 Å². The number of carbonyl (C=O) groups is 2. The molecule has 3 aliphatic carbocycles. The first-order valence-corrected chi connectivity index (χ1v) is 14.5. The standard InChI is InChI=1S/C40H32O2/c1-24-32(38(41)36-20-30-11-7-5-9-28(30)18-34(24)36)15-13-26-17-27(23-40(3,4)22-26)14-16-33-25(2)35-19-29-10-6-8-12-31(29)21-37(35)39(33)42/h5-21H,1,22-23H2,2-4H3/b16-14+,26-13-,32-15-. The molecule has 0 atom stereocenters. The van der Waals surface area contributed by atoms with Crippen LogP contribution >= 0.6 is 0 Å². The smallest absolute Gasteiger partial charge is 0.194 e. The summed E-state index contributed by atoms with van der Waals surface area (Å²) in [6, 6.07) is 24.5. The van der Waals surface area contributed by atoms with Gasteiger partial charge in [0.15, 0.2) is 11.6 Å². The molecule has 0 bridgehead atoms. The highest BCUT2D eigenvalue weighted by Crippen LogP contribution is 2.41. The molecule has 0 radical (unpaired) electrons. The van der Waals surface area contributed by atoms with Crippen molar-refractivity contribution in [2.45, 2.75) is 33.6 Å². The average molecular weight is 545 g/mol. The second-order valence-corrected chi connectivity index (χ2v) is 12.6. The number of hydrogen-bond donors (Lipinski definition) is 0. The highest BCUT2D eigenvalue weighted by Gasteiger charge is 2.30. The Bertz CT molecular complexity index is 2000. The highest BCUT2D eigenvalue weighted by atomic mass is 16.1. The minimum absolute atomic E-state index is 0.0335. The summed E-state index contributed by atoms with van der Waals surface area (Å²) in [5.41, 5.74) is 9.08. The minimum Gasteiger partial charge on any atom is -0.289 e. The third-order valence-corrected chi connectivity index (χ3v) is 8.87. The van der Waals surface area contributed by atoms with E-state index in [2.05, 4.69) is 69.0 Å². The van der Waals surface area contributed by atoms with Crippen molar-refractivity contribution in [3.63, 3.8) is 0 Å². The van der Waals surface area contributed by atoms with Gasteiger partial charge in [0.25, 0.3) is 0 Å². The Hall–Kier alpha value is -4.82. The van der Waals surface area contributed by atoms with E-state index in [4.69, 9.17) is 0 Å². The predicted molar refractivity (Wildman–Crippen MR) is 175 cm³/mol. The Morgan fingerprint density at radius 2 is 1.24 bits per heavy atom. The SMILES string of the molecule is C=C1/C(=C/C=C2C=C(/C=C/C3=C(C)c4cc5ccccc5cc4C3=O)CC(C)(C)C/2)C(=O)c2cc3ccccc3cc21. The van der Waals surface area contributed by atoms with Gasteiger partial charge in [-0.1, -0.05) is 99.3 Å². The lowest BCUT2D eigenvalue weighted by molar-refractivity contribution is 0.103. The Morgan fingerprint density at radius 1 is 0.690 bits per heavy atom. The topological polar surface area (TPSA) is 34.1 Å². The molecule has 0 amide bonds. The van der Waals surface area contributed by atoms with E-state index in [1.807, 2.05) is 61.5 Å². The first-order valence-electron chi connectivity index (χ1n) is 14.5. The average Bonchev–Trinajstić information content (AvgIpc) is 3.34. The molecule has 0 aliphatic heterocycles. The van der Waals surface area contributed by atoms with Gasteiger partial charge in [-0.2, -0.15) is 0 Å². The van der Waals surface area contributed by atoms with E-state index in [-0.39, 0.29) is 17.0 Å². The van der Waals surface area contributed by atoms with Crippen molar-refractivity contribution >= 4 is 44.3 Å². The third kappa shape index (κ3) is 4.35. The maximum atomic E-state index is 13.4. The molecule has 0 spiro atoms. The molecule has 42 heavy (non-hydrogen) atoms. The second kappa shape index (κ2) is 9.63. The Morgan fingerprint density at radius 3 is 1.86 bits per heavy atom. The maximum absolute atomic E-state index is 13.4. The summed E-state index contributed by atoms with van der Waals surface area (Å²) < 4.78 is 0. The Kier molecular flexibility index (Phi) is 5.99. The van der Waals surface area contributed by atoms with Crippen molar-refractivity contribution in [1.29, 1.82) is 0 Å². The molecule has 0 aromatic heterocycles. The molecule has 4 aromatic carbocycles. The Labute approximate surface area is 246 Å². The van der Waals surface area contributed by atoms with Gasteiger partial charge in [0.1, 0.15) is 0 Å². The fourth-order valence-corrected chi connectivity index (χ4v) is 6.78. The van der Waals surface area contributed by atoms with Crippen molar-refractivity contribution < 1.29 is 9.59 Å². The van der Waals surface area contributed by atoms with Crippen LogP contribution in [-0.4, -0.2) is 11.6 Å². The number of Topliss-reactive ketones (excluding diaryl/α,β-unsaturated/α-hetero) is 2. The van der Waals surface area contributed by atoms with E-state index in [9.17, 15) is 9.59 Å². The van der Waals surface area contributed by atoms with Gasteiger partial charge in [0.05, 0.1) is 0 Å². The van der Waals surface area contributed by atoms with Gasteiger partial charge < -0.3 is 0 Å². The van der Waals surface area contributed by atoms with E-state index < -0.39 is 0 Å². The molecule has 0 fully saturated rings. The van der Waals surface area contributed by atoms with E-state index in [0.29, 0.717) is 5.57 Å². The maximum Gasteiger partial charge on any atom is 0.194 e. The number of allylic oxidation sites excluding steroid dienone is 11. The van der Waals surface area contributed by atoms with Crippen LogP contribution in [0, 0.1) is 5.41 Å². The van der Waals surface area contributed by atoms with Gasteiger partial charge in [-0.15, -0.1) is 0 Å². The Balaban J connectivity index is 1.19. The van der Waals surface area contributed by atoms with Crippen molar-refractivity contribution in [3.05, 3.63) is 154 Å². The van der Waals surface area contributed by atoms with Crippen LogP contribution < -0.4 is 0 Å². The van der Waals surface area contributed by atoms with Gasteiger partial charge in [0, 0.05) is 22.3 Å². The quantitative estimate of drug-likeness (QED) is 0.241. The summed E-state index contributed by atoms with van der Waals surface area (Å²) in [5, 5.41) is 4.41. The molecule has 0 N–H and O–H groups in total. The lowest BCUT2D eigenvalue weighted by Gasteiger charge is -2.30. The molecule has 2 heteroatoms. The number of fused-ring (bicyclic) bond motifs is 4. The van der Waals surface area contributed by atoms with Crippen LogP contribution in [0.5, 0.6) is 0 Å². The number of hydrogen-bond acceptors (Lipinski definition) is 2. The summed E-state index contributed by atoms with van der Waals surface area (Å²) >= 11 is 0. The molecule has 3 aliphatic rings. The van der Waals surface area contributed by atoms with Gasteiger partial charge >= 0.3 is 0 Å². The van der Waals surface area contributed by atoms with Gasteiger partial charge in [-0.3, -0.25) is 9.59 Å². The summed E-state index contributed by atoms with van der Waals surface area (Å²) in [5.74, 6) is 0.123. The van der Waals surface area contributed by atoms with Crippen LogP contribution in [-0.2, 0) is 0 Å². The monoisotopic (exact) mass is 544 g/mol. The van der Waals surface area contributed by atoms with Crippen LogP contribution in [0.1, 0.15) is 65.5 Å². The molecular weight excluding hydrogens is 512 g/mol. The number of rotatable bonds is 3. The van der Waals surface area contributed by atoms with E-state index in [1.165, 1.54) is 5.57 Å². The normalized spacial score (nSPS) is 20.0. The molecule has 0 saturated heterocycles. The summed E-state index contributed by atoms with van der Waals surface area (Å²) in [7, 11) is 0. The first kappa shape index (κ1) is 26.1. The van der Waals surface area contributed by atoms with E-state index >= 15 is 0 Å². The second-order valence-electron chi connectivity index (χ2n) is 12.6. The molecule has 4 aromatic rings. The zero-order chi connectivity index (χ0) is 29.2. The fraction of sp³-hybridized carbons (Fsp3) is 0.150. The molecule has 204 valence electrons. The van der Waals surface area contributed by atoms with Crippen LogP contribution in [0.4, 0.5) is 0 Å². The molecule has 2 nitrogen and oxygen atoms in total. The lowest BCUT2D eigenvalue weighted by atomic mass is 9.75. The number of ketones is 2. The van der Waals surface area contributed by atoms with Crippen molar-refractivity contribution in [1.82, 2.24) is 0 Å². The molecular formula is C40H32O2. The zero-order valence-electron chi connectivity index (χ0n) is 24.3.